The van der Waals surface area contributed by atoms with Gasteiger partial charge in [-0.25, -0.2) is 10.2 Å². The third-order valence-electron chi connectivity index (χ3n) is 5.17. The first-order valence-electron chi connectivity index (χ1n) is 10.4. The van der Waals surface area contributed by atoms with Crippen molar-refractivity contribution in [3.63, 3.8) is 0 Å². The molecular formula is C23H23ClN6O4. The summed E-state index contributed by atoms with van der Waals surface area (Å²) in [5.41, 5.74) is 3.41. The summed E-state index contributed by atoms with van der Waals surface area (Å²) in [6.07, 6.45) is -0.976. The van der Waals surface area contributed by atoms with Gasteiger partial charge in [-0.05, 0) is 36.8 Å². The van der Waals surface area contributed by atoms with Crippen LogP contribution in [0.5, 0.6) is 5.75 Å². The van der Waals surface area contributed by atoms with Crippen LogP contribution in [0.4, 0.5) is 5.95 Å². The molecule has 0 saturated heterocycles. The summed E-state index contributed by atoms with van der Waals surface area (Å²) >= 11 is 5.95. The Balaban J connectivity index is 1.65. The number of hydrogen-bond donors (Lipinski definition) is 3. The highest BCUT2D eigenvalue weighted by atomic mass is 35.5. The summed E-state index contributed by atoms with van der Waals surface area (Å²) < 4.78 is 8.32. The van der Waals surface area contributed by atoms with Gasteiger partial charge in [0.15, 0.2) is 11.2 Å². The molecule has 2 aromatic heterocycles. The molecule has 0 unspecified atom stereocenters. The molecule has 4 aromatic rings. The lowest BCUT2D eigenvalue weighted by Crippen LogP contribution is -2.30. The quantitative estimate of drug-likeness (QED) is 0.261. The number of hydrogen-bond acceptors (Lipinski definition) is 7. The van der Waals surface area contributed by atoms with Crippen molar-refractivity contribution in [2.45, 2.75) is 19.6 Å². The number of aromatic nitrogens is 4. The number of aliphatic hydroxyl groups excluding tert-OH is 1. The van der Waals surface area contributed by atoms with Crippen molar-refractivity contribution in [3.8, 4) is 5.75 Å². The van der Waals surface area contributed by atoms with Gasteiger partial charge in [0.1, 0.15) is 18.5 Å². The molecule has 176 valence electrons. The summed E-state index contributed by atoms with van der Waals surface area (Å²) in [6, 6.07) is 16.2. The van der Waals surface area contributed by atoms with Crippen LogP contribution < -0.4 is 21.4 Å². The minimum atomic E-state index is -0.976. The minimum absolute atomic E-state index is 0.0140. The summed E-state index contributed by atoms with van der Waals surface area (Å²) in [5.74, 6) is 0.799. The zero-order chi connectivity index (χ0) is 24.2. The van der Waals surface area contributed by atoms with Gasteiger partial charge < -0.3 is 14.4 Å². The number of imidazole rings is 1. The number of anilines is 1. The molecule has 0 bridgehead atoms. The van der Waals surface area contributed by atoms with E-state index in [2.05, 4.69) is 20.5 Å². The Morgan fingerprint density at radius 1 is 1.21 bits per heavy atom. The monoisotopic (exact) mass is 482 g/mol. The van der Waals surface area contributed by atoms with Crippen LogP contribution in [0, 0.1) is 0 Å². The summed E-state index contributed by atoms with van der Waals surface area (Å²) in [4.78, 5) is 31.3. The molecule has 34 heavy (non-hydrogen) atoms. The lowest BCUT2D eigenvalue weighted by molar-refractivity contribution is 0.0938. The molecule has 2 heterocycles. The SMILES string of the molecule is C/C(=N\Nc1nc2c(c(=O)[nH]c(=O)n2C)n1C[C@H](O)COc1ccccc1)c1ccc(Cl)cc1. The molecule has 0 aliphatic rings. The van der Waals surface area contributed by atoms with Crippen LogP contribution in [-0.2, 0) is 13.6 Å². The molecule has 11 heteroatoms. The third kappa shape index (κ3) is 5.03. The van der Waals surface area contributed by atoms with Crippen LogP contribution in [0.1, 0.15) is 12.5 Å². The number of halogens is 1. The first-order chi connectivity index (χ1) is 16.3. The van der Waals surface area contributed by atoms with Crippen molar-refractivity contribution in [1.82, 2.24) is 19.1 Å². The number of fused-ring (bicyclic) bond motifs is 1. The van der Waals surface area contributed by atoms with Gasteiger partial charge in [-0.1, -0.05) is 41.9 Å². The smallest absolute Gasteiger partial charge is 0.329 e. The molecule has 4 rings (SSSR count). The number of rotatable bonds is 8. The highest BCUT2D eigenvalue weighted by Gasteiger charge is 2.20. The molecule has 0 radical (unpaired) electrons. The topological polar surface area (TPSA) is 127 Å². The number of aryl methyl sites for hydroxylation is 1. The zero-order valence-corrected chi connectivity index (χ0v) is 19.3. The van der Waals surface area contributed by atoms with Gasteiger partial charge in [0.05, 0.1) is 12.3 Å². The van der Waals surface area contributed by atoms with Crippen molar-refractivity contribution in [1.29, 1.82) is 0 Å². The lowest BCUT2D eigenvalue weighted by Gasteiger charge is -2.15. The third-order valence-corrected chi connectivity index (χ3v) is 5.42. The number of nitrogens with one attached hydrogen (secondary N) is 2. The van der Waals surface area contributed by atoms with E-state index < -0.39 is 17.4 Å². The lowest BCUT2D eigenvalue weighted by atomic mass is 10.1. The van der Waals surface area contributed by atoms with E-state index in [0.717, 1.165) is 5.56 Å². The number of aromatic amines is 1. The van der Waals surface area contributed by atoms with Crippen LogP contribution in [0.3, 0.4) is 0 Å². The van der Waals surface area contributed by atoms with Gasteiger partial charge in [0.2, 0.25) is 5.95 Å². The molecule has 1 atom stereocenters. The van der Waals surface area contributed by atoms with Gasteiger partial charge in [0, 0.05) is 12.1 Å². The van der Waals surface area contributed by atoms with Crippen LogP contribution in [0.25, 0.3) is 11.2 Å². The molecule has 10 nitrogen and oxygen atoms in total. The predicted octanol–water partition coefficient (Wildman–Crippen LogP) is 2.35. The number of benzene rings is 2. The number of ether oxygens (including phenoxy) is 1. The van der Waals surface area contributed by atoms with E-state index in [-0.39, 0.29) is 30.3 Å². The normalized spacial score (nSPS) is 12.6. The predicted molar refractivity (Wildman–Crippen MR) is 131 cm³/mol. The summed E-state index contributed by atoms with van der Waals surface area (Å²) in [5, 5.41) is 15.6. The number of nitrogens with zero attached hydrogens (tertiary/aromatic N) is 4. The van der Waals surface area contributed by atoms with Crippen molar-refractivity contribution < 1.29 is 9.84 Å². The number of H-pyrrole nitrogens is 1. The second kappa shape index (κ2) is 9.94. The highest BCUT2D eigenvalue weighted by molar-refractivity contribution is 6.30. The second-order valence-corrected chi connectivity index (χ2v) is 8.07. The largest absolute Gasteiger partial charge is 0.491 e. The van der Waals surface area contributed by atoms with E-state index in [1.165, 1.54) is 16.2 Å². The average molecular weight is 483 g/mol. The van der Waals surface area contributed by atoms with Gasteiger partial charge in [-0.2, -0.15) is 10.1 Å². The maximum absolute atomic E-state index is 12.6. The Morgan fingerprint density at radius 3 is 2.62 bits per heavy atom. The van der Waals surface area contributed by atoms with Crippen molar-refractivity contribution in [2.24, 2.45) is 12.1 Å². The fourth-order valence-electron chi connectivity index (χ4n) is 3.36. The Kier molecular flexibility index (Phi) is 6.80. The van der Waals surface area contributed by atoms with E-state index in [4.69, 9.17) is 16.3 Å². The Bertz CT molecular complexity index is 1440. The fraction of sp³-hybridized carbons (Fsp3) is 0.217. The Morgan fingerprint density at radius 2 is 1.91 bits per heavy atom. The van der Waals surface area contributed by atoms with E-state index in [1.54, 1.807) is 31.2 Å². The molecule has 0 fully saturated rings. The summed E-state index contributed by atoms with van der Waals surface area (Å²) in [7, 11) is 1.50. The van der Waals surface area contributed by atoms with E-state index >= 15 is 0 Å². The van der Waals surface area contributed by atoms with E-state index in [0.29, 0.717) is 16.5 Å². The summed E-state index contributed by atoms with van der Waals surface area (Å²) in [6.45, 7) is 1.76. The number of para-hydroxylation sites is 1. The second-order valence-electron chi connectivity index (χ2n) is 7.63. The van der Waals surface area contributed by atoms with Crippen LogP contribution >= 0.6 is 11.6 Å². The van der Waals surface area contributed by atoms with Crippen molar-refractivity contribution in [3.05, 3.63) is 86.0 Å². The van der Waals surface area contributed by atoms with Crippen LogP contribution in [0.2, 0.25) is 5.02 Å². The zero-order valence-electron chi connectivity index (χ0n) is 18.5. The maximum atomic E-state index is 12.6. The van der Waals surface area contributed by atoms with Gasteiger partial charge in [-0.3, -0.25) is 14.3 Å². The van der Waals surface area contributed by atoms with Gasteiger partial charge in [-0.15, -0.1) is 0 Å². The Hall–Kier alpha value is -3.89. The first-order valence-corrected chi connectivity index (χ1v) is 10.8. The van der Waals surface area contributed by atoms with Gasteiger partial charge in [0.25, 0.3) is 5.56 Å². The molecule has 0 aliphatic heterocycles. The molecule has 2 aromatic carbocycles. The van der Waals surface area contributed by atoms with E-state index in [9.17, 15) is 14.7 Å². The molecular weight excluding hydrogens is 460 g/mol. The fourth-order valence-corrected chi connectivity index (χ4v) is 3.49. The van der Waals surface area contributed by atoms with Crippen molar-refractivity contribution >= 4 is 34.4 Å². The van der Waals surface area contributed by atoms with Crippen LogP contribution in [-0.4, -0.2) is 42.6 Å². The molecule has 0 spiro atoms. The first kappa shape index (κ1) is 23.3. The number of hydrazone groups is 1. The number of aliphatic hydroxyl groups is 1. The molecule has 0 saturated carbocycles. The average Bonchev–Trinajstić information content (AvgIpc) is 3.19. The molecule has 3 N–H and O–H groups in total. The molecule has 0 aliphatic carbocycles. The Labute approximate surface area is 199 Å². The molecule has 0 amide bonds. The van der Waals surface area contributed by atoms with Crippen LogP contribution in [0.15, 0.2) is 69.3 Å². The minimum Gasteiger partial charge on any atom is -0.491 e. The maximum Gasteiger partial charge on any atom is 0.329 e. The van der Waals surface area contributed by atoms with Gasteiger partial charge >= 0.3 is 5.69 Å². The van der Waals surface area contributed by atoms with E-state index in [1.807, 2.05) is 30.3 Å². The highest BCUT2D eigenvalue weighted by Crippen LogP contribution is 2.18. The standard InChI is InChI=1S/C23H23ClN6O4/c1-14(15-8-10-16(24)11-9-15)27-28-22-25-20-19(21(32)26-23(33)29(20)2)30(22)12-17(31)13-34-18-6-4-3-5-7-18/h3-11,17,31H,12-13H2,1-2H3,(H,25,28)(H,26,32,33)/b27-14+/t17-/m0/s1. The van der Waals surface area contributed by atoms with Crippen molar-refractivity contribution in [2.75, 3.05) is 12.0 Å².